The average Bonchev–Trinajstić information content (AvgIpc) is 3.50. The van der Waals surface area contributed by atoms with Crippen LogP contribution in [0.3, 0.4) is 0 Å². The third-order valence-electron chi connectivity index (χ3n) is 7.09. The Labute approximate surface area is 172 Å². The maximum Gasteiger partial charge on any atom is 0.226 e. The van der Waals surface area contributed by atoms with Crippen LogP contribution in [0.15, 0.2) is 12.1 Å². The molecule has 2 N–H and O–H groups in total. The molecule has 3 aliphatic rings. The Morgan fingerprint density at radius 2 is 1.86 bits per heavy atom. The van der Waals surface area contributed by atoms with E-state index in [4.69, 9.17) is 4.98 Å². The number of rotatable bonds is 4. The van der Waals surface area contributed by atoms with Gasteiger partial charge >= 0.3 is 0 Å². The molecule has 2 aromatic rings. The van der Waals surface area contributed by atoms with Gasteiger partial charge in [0, 0.05) is 18.5 Å². The molecule has 2 saturated heterocycles. The van der Waals surface area contributed by atoms with Gasteiger partial charge in [-0.2, -0.15) is 5.10 Å². The van der Waals surface area contributed by atoms with E-state index in [1.807, 2.05) is 0 Å². The fourth-order valence-corrected chi connectivity index (χ4v) is 5.31. The van der Waals surface area contributed by atoms with Crippen LogP contribution in [0.5, 0.6) is 0 Å². The molecular formula is C22H32N6O. The number of H-pyrrole nitrogens is 1. The molecule has 0 aromatic carbocycles. The van der Waals surface area contributed by atoms with Crippen LogP contribution in [0.4, 0.5) is 5.82 Å². The SMILES string of the molecule is CN1CCC(Nc2n[nH]c3nc([C@@H]4CCCN4C(=O)C4CCCC4)ccc23)CC1. The zero-order valence-electron chi connectivity index (χ0n) is 17.4. The molecule has 156 valence electrons. The molecule has 1 atom stereocenters. The minimum absolute atomic E-state index is 0.112. The van der Waals surface area contributed by atoms with Crippen LogP contribution in [-0.4, -0.2) is 63.6 Å². The molecule has 1 aliphatic carbocycles. The van der Waals surface area contributed by atoms with Gasteiger partial charge in [-0.3, -0.25) is 9.89 Å². The topological polar surface area (TPSA) is 77.2 Å². The molecule has 0 bridgehead atoms. The van der Waals surface area contributed by atoms with E-state index < -0.39 is 0 Å². The van der Waals surface area contributed by atoms with Gasteiger partial charge in [0.05, 0.1) is 17.1 Å². The zero-order valence-corrected chi connectivity index (χ0v) is 17.4. The summed E-state index contributed by atoms with van der Waals surface area (Å²) in [6.07, 6.45) is 8.84. The molecule has 29 heavy (non-hydrogen) atoms. The Balaban J connectivity index is 1.33. The van der Waals surface area contributed by atoms with Crippen molar-refractivity contribution in [2.45, 2.75) is 63.5 Å². The standard InChI is InChI=1S/C22H32N6O/c1-27-13-10-16(11-14-27)23-20-17-8-9-18(24-21(17)26-25-20)19-7-4-12-28(19)22(29)15-5-2-3-6-15/h8-9,15-16,19H,2-7,10-14H2,1H3,(H2,23,24,25,26)/t19-/m0/s1. The smallest absolute Gasteiger partial charge is 0.226 e. The summed E-state index contributed by atoms with van der Waals surface area (Å²) in [5.74, 6) is 1.48. The number of aromatic amines is 1. The van der Waals surface area contributed by atoms with Gasteiger partial charge in [-0.05, 0) is 70.8 Å². The number of nitrogens with one attached hydrogen (secondary N) is 2. The number of carbonyl (C=O) groups excluding carboxylic acids is 1. The highest BCUT2D eigenvalue weighted by Gasteiger charge is 2.35. The molecular weight excluding hydrogens is 364 g/mol. The summed E-state index contributed by atoms with van der Waals surface area (Å²) in [4.78, 5) is 22.4. The number of anilines is 1. The van der Waals surface area contributed by atoms with Crippen LogP contribution in [0, 0.1) is 5.92 Å². The van der Waals surface area contributed by atoms with Crippen molar-refractivity contribution in [2.75, 3.05) is 32.0 Å². The highest BCUT2D eigenvalue weighted by molar-refractivity contribution is 5.87. The maximum absolute atomic E-state index is 13.0. The van der Waals surface area contributed by atoms with E-state index in [2.05, 4.69) is 44.5 Å². The van der Waals surface area contributed by atoms with Crippen LogP contribution in [0.2, 0.25) is 0 Å². The number of carbonyl (C=O) groups is 1. The summed E-state index contributed by atoms with van der Waals surface area (Å²) in [5, 5.41) is 12.3. The maximum atomic E-state index is 13.0. The number of hydrogen-bond donors (Lipinski definition) is 2. The molecule has 0 unspecified atom stereocenters. The van der Waals surface area contributed by atoms with E-state index in [9.17, 15) is 4.79 Å². The summed E-state index contributed by atoms with van der Waals surface area (Å²) in [6.45, 7) is 3.11. The lowest BCUT2D eigenvalue weighted by atomic mass is 10.0. The molecule has 2 aromatic heterocycles. The second-order valence-corrected chi connectivity index (χ2v) is 9.10. The molecule has 3 fully saturated rings. The van der Waals surface area contributed by atoms with Crippen LogP contribution in [0.1, 0.15) is 63.1 Å². The average molecular weight is 397 g/mol. The van der Waals surface area contributed by atoms with Crippen molar-refractivity contribution in [3.8, 4) is 0 Å². The van der Waals surface area contributed by atoms with Crippen molar-refractivity contribution in [1.82, 2.24) is 25.0 Å². The molecule has 7 heteroatoms. The van der Waals surface area contributed by atoms with Gasteiger partial charge in [-0.25, -0.2) is 4.98 Å². The lowest BCUT2D eigenvalue weighted by molar-refractivity contribution is -0.136. The summed E-state index contributed by atoms with van der Waals surface area (Å²) < 4.78 is 0. The highest BCUT2D eigenvalue weighted by atomic mass is 16.2. The minimum atomic E-state index is 0.112. The lowest BCUT2D eigenvalue weighted by Gasteiger charge is -2.29. The van der Waals surface area contributed by atoms with Crippen LogP contribution in [0.25, 0.3) is 11.0 Å². The number of aromatic nitrogens is 3. The number of amides is 1. The third-order valence-corrected chi connectivity index (χ3v) is 7.09. The molecule has 4 heterocycles. The molecule has 0 radical (unpaired) electrons. The zero-order chi connectivity index (χ0) is 19.8. The van der Waals surface area contributed by atoms with Crippen molar-refractivity contribution in [3.63, 3.8) is 0 Å². The van der Waals surface area contributed by atoms with Crippen molar-refractivity contribution < 1.29 is 4.79 Å². The van der Waals surface area contributed by atoms with Gasteiger partial charge in [-0.1, -0.05) is 12.8 Å². The van der Waals surface area contributed by atoms with Gasteiger partial charge in [0.1, 0.15) is 0 Å². The van der Waals surface area contributed by atoms with Crippen molar-refractivity contribution >= 4 is 22.8 Å². The van der Waals surface area contributed by atoms with Crippen LogP contribution in [-0.2, 0) is 4.79 Å². The number of nitrogens with zero attached hydrogens (tertiary/aromatic N) is 4. The van der Waals surface area contributed by atoms with Crippen LogP contribution >= 0.6 is 0 Å². The second-order valence-electron chi connectivity index (χ2n) is 9.10. The van der Waals surface area contributed by atoms with Gasteiger partial charge in [0.25, 0.3) is 0 Å². The van der Waals surface area contributed by atoms with Gasteiger partial charge in [-0.15, -0.1) is 0 Å². The Morgan fingerprint density at radius 3 is 2.66 bits per heavy atom. The molecule has 2 aliphatic heterocycles. The minimum Gasteiger partial charge on any atom is -0.365 e. The monoisotopic (exact) mass is 396 g/mol. The Kier molecular flexibility index (Phi) is 5.16. The Bertz CT molecular complexity index is 865. The first-order chi connectivity index (χ1) is 14.2. The first-order valence-electron chi connectivity index (χ1n) is 11.3. The van der Waals surface area contributed by atoms with Crippen molar-refractivity contribution in [1.29, 1.82) is 0 Å². The summed E-state index contributed by atoms with van der Waals surface area (Å²) in [7, 11) is 2.18. The third kappa shape index (κ3) is 3.72. The molecule has 0 spiro atoms. The molecule has 5 rings (SSSR count). The predicted molar refractivity (Wildman–Crippen MR) is 114 cm³/mol. The number of fused-ring (bicyclic) bond motifs is 1. The summed E-state index contributed by atoms with van der Waals surface area (Å²) in [6, 6.07) is 4.80. The Hall–Kier alpha value is -2.15. The van der Waals surface area contributed by atoms with Gasteiger partial charge < -0.3 is 15.1 Å². The van der Waals surface area contributed by atoms with Gasteiger partial charge in [0.2, 0.25) is 5.91 Å². The quantitative estimate of drug-likeness (QED) is 0.829. The van der Waals surface area contributed by atoms with E-state index >= 15 is 0 Å². The number of piperidine rings is 1. The second kappa shape index (κ2) is 7.94. The normalized spacial score (nSPS) is 24.6. The molecule has 1 saturated carbocycles. The summed E-state index contributed by atoms with van der Waals surface area (Å²) >= 11 is 0. The number of hydrogen-bond acceptors (Lipinski definition) is 5. The lowest BCUT2D eigenvalue weighted by Crippen LogP contribution is -2.36. The largest absolute Gasteiger partial charge is 0.365 e. The first-order valence-corrected chi connectivity index (χ1v) is 11.3. The summed E-state index contributed by atoms with van der Waals surface area (Å²) in [5.41, 5.74) is 1.81. The fraction of sp³-hybridized carbons (Fsp3) is 0.682. The predicted octanol–water partition coefficient (Wildman–Crippen LogP) is 3.32. The first kappa shape index (κ1) is 18.9. The molecule has 1 amide bonds. The number of likely N-dealkylation sites (tertiary alicyclic amines) is 2. The van der Waals surface area contributed by atoms with E-state index in [-0.39, 0.29) is 12.0 Å². The fourth-order valence-electron chi connectivity index (χ4n) is 5.31. The molecule has 7 nitrogen and oxygen atoms in total. The van der Waals surface area contributed by atoms with Crippen LogP contribution < -0.4 is 5.32 Å². The Morgan fingerprint density at radius 1 is 1.07 bits per heavy atom. The number of pyridine rings is 1. The van der Waals surface area contributed by atoms with E-state index in [0.29, 0.717) is 11.9 Å². The van der Waals surface area contributed by atoms with E-state index in [0.717, 1.165) is 80.7 Å². The van der Waals surface area contributed by atoms with E-state index in [1.165, 1.54) is 12.8 Å². The van der Waals surface area contributed by atoms with Gasteiger partial charge in [0.15, 0.2) is 11.5 Å². The van der Waals surface area contributed by atoms with Crippen molar-refractivity contribution in [2.24, 2.45) is 5.92 Å². The van der Waals surface area contributed by atoms with E-state index in [1.54, 1.807) is 0 Å². The van der Waals surface area contributed by atoms with Crippen molar-refractivity contribution in [3.05, 3.63) is 17.8 Å². The highest BCUT2D eigenvalue weighted by Crippen LogP contribution is 2.36.